The van der Waals surface area contributed by atoms with Crippen LogP contribution in [0.4, 0.5) is 11.4 Å². The molecule has 0 radical (unpaired) electrons. The average Bonchev–Trinajstić information content (AvgIpc) is 3.48. The van der Waals surface area contributed by atoms with Crippen LogP contribution in [0.3, 0.4) is 0 Å². The Balaban J connectivity index is 1.26. The monoisotopic (exact) mass is 446 g/mol. The Morgan fingerprint density at radius 2 is 1.58 bits per heavy atom. The number of hydrogen-bond donors (Lipinski definition) is 1. The summed E-state index contributed by atoms with van der Waals surface area (Å²) < 4.78 is 5.19. The minimum atomic E-state index is -0.687. The highest BCUT2D eigenvalue weighted by Gasteiger charge is 2.61. The zero-order chi connectivity index (χ0) is 23.3. The van der Waals surface area contributed by atoms with Crippen molar-refractivity contribution in [1.82, 2.24) is 0 Å². The summed E-state index contributed by atoms with van der Waals surface area (Å²) in [4.78, 5) is 52.2. The normalized spacial score (nSPS) is 25.3. The number of ether oxygens (including phenoxy) is 1. The molecule has 0 aromatic heterocycles. The fourth-order valence-corrected chi connectivity index (χ4v) is 5.84. The highest BCUT2D eigenvalue weighted by atomic mass is 16.5. The molecule has 1 N–H and O–H groups in total. The van der Waals surface area contributed by atoms with Gasteiger partial charge in [-0.1, -0.05) is 24.3 Å². The number of nitrogens with one attached hydrogen (secondary N) is 1. The number of aryl methyl sites for hydroxylation is 2. The Morgan fingerprint density at radius 3 is 2.21 bits per heavy atom. The Labute approximate surface area is 192 Å². The van der Waals surface area contributed by atoms with Gasteiger partial charge in [0.05, 0.1) is 23.1 Å². The maximum Gasteiger partial charge on any atom is 0.338 e. The molecule has 0 spiro atoms. The highest BCUT2D eigenvalue weighted by Crippen LogP contribution is 2.56. The summed E-state index contributed by atoms with van der Waals surface area (Å²) in [5.41, 5.74) is 3.11. The Morgan fingerprint density at radius 1 is 0.970 bits per heavy atom. The molecule has 3 amide bonds. The van der Waals surface area contributed by atoms with Crippen LogP contribution in [0.15, 0.2) is 42.5 Å². The van der Waals surface area contributed by atoms with Gasteiger partial charge in [-0.05, 0) is 74.3 Å². The number of nitrogens with zero attached hydrogens (tertiary/aromatic N) is 1. The molecule has 2 bridgehead atoms. The molecule has 1 saturated heterocycles. The quantitative estimate of drug-likeness (QED) is 0.559. The number of fused-ring (bicyclic) bond motifs is 5. The minimum Gasteiger partial charge on any atom is -0.452 e. The number of carbonyl (C=O) groups is 4. The van der Waals surface area contributed by atoms with Crippen molar-refractivity contribution < 1.29 is 23.9 Å². The van der Waals surface area contributed by atoms with Crippen molar-refractivity contribution in [1.29, 1.82) is 0 Å². The molecule has 2 aromatic rings. The van der Waals surface area contributed by atoms with E-state index in [1.165, 1.54) is 11.0 Å². The first-order chi connectivity index (χ1) is 15.8. The SMILES string of the molecule is Cc1cccc(C)c1NC(=O)COC(=O)c1cccc(N2C(=O)[C@@H]3[C@H]4CC[C@@H](C4)[C@@H]3C2=O)c1. The van der Waals surface area contributed by atoms with Crippen LogP contribution in [0.25, 0.3) is 0 Å². The molecular weight excluding hydrogens is 420 g/mol. The van der Waals surface area contributed by atoms with Crippen LogP contribution >= 0.6 is 0 Å². The Kier molecular flexibility index (Phi) is 5.27. The summed E-state index contributed by atoms with van der Waals surface area (Å²) in [6.07, 6.45) is 2.99. The van der Waals surface area contributed by atoms with Gasteiger partial charge in [-0.15, -0.1) is 0 Å². The first-order valence-electron chi connectivity index (χ1n) is 11.4. The van der Waals surface area contributed by atoms with Gasteiger partial charge < -0.3 is 10.1 Å². The van der Waals surface area contributed by atoms with Gasteiger partial charge in [-0.2, -0.15) is 0 Å². The fourth-order valence-electron chi connectivity index (χ4n) is 5.84. The summed E-state index contributed by atoms with van der Waals surface area (Å²) in [5, 5.41) is 2.78. The molecule has 1 heterocycles. The van der Waals surface area contributed by atoms with Gasteiger partial charge in [0.15, 0.2) is 6.61 Å². The van der Waals surface area contributed by atoms with Crippen molar-refractivity contribution in [3.8, 4) is 0 Å². The van der Waals surface area contributed by atoms with E-state index in [1.807, 2.05) is 32.0 Å². The zero-order valence-electron chi connectivity index (χ0n) is 18.7. The molecule has 7 heteroatoms. The third-order valence-corrected chi connectivity index (χ3v) is 7.35. The molecule has 4 atom stereocenters. The van der Waals surface area contributed by atoms with Gasteiger partial charge in [0.25, 0.3) is 5.91 Å². The molecule has 0 unspecified atom stereocenters. The van der Waals surface area contributed by atoms with Crippen LogP contribution in [-0.4, -0.2) is 30.3 Å². The van der Waals surface area contributed by atoms with Crippen LogP contribution < -0.4 is 10.2 Å². The van der Waals surface area contributed by atoms with Crippen LogP contribution in [0.1, 0.15) is 40.7 Å². The lowest BCUT2D eigenvalue weighted by molar-refractivity contribution is -0.123. The fraction of sp³-hybridized carbons (Fsp3) is 0.385. The predicted molar refractivity (Wildman–Crippen MR) is 122 cm³/mol. The number of anilines is 2. The summed E-state index contributed by atoms with van der Waals surface area (Å²) in [5.74, 6) is -1.29. The number of carbonyl (C=O) groups excluding carboxylic acids is 4. The summed E-state index contributed by atoms with van der Waals surface area (Å²) >= 11 is 0. The first-order valence-corrected chi connectivity index (χ1v) is 11.4. The van der Waals surface area contributed by atoms with Crippen molar-refractivity contribution in [2.75, 3.05) is 16.8 Å². The molecule has 170 valence electrons. The second-order valence-corrected chi connectivity index (χ2v) is 9.34. The van der Waals surface area contributed by atoms with Gasteiger partial charge in [-0.3, -0.25) is 19.3 Å². The molecule has 7 nitrogen and oxygen atoms in total. The number of esters is 1. The topological polar surface area (TPSA) is 92.8 Å². The largest absolute Gasteiger partial charge is 0.452 e. The number of amides is 3. The predicted octanol–water partition coefficient (Wildman–Crippen LogP) is 3.63. The standard InChI is InChI=1S/C26H26N2O5/c1-14-5-3-6-15(2)23(14)27-20(29)13-33-26(32)18-7-4-8-19(12-18)28-24(30)21-16-9-10-17(11-16)22(21)25(28)31/h3-8,12,16-17,21-22H,9-11,13H2,1-2H3,(H,27,29)/t16-,17-,21-,22+/m0/s1. The van der Waals surface area contributed by atoms with E-state index < -0.39 is 18.5 Å². The third kappa shape index (κ3) is 3.61. The number of para-hydroxylation sites is 1. The van der Waals surface area contributed by atoms with Crippen molar-refractivity contribution in [2.45, 2.75) is 33.1 Å². The van der Waals surface area contributed by atoms with Gasteiger partial charge in [0.1, 0.15) is 0 Å². The first kappa shape index (κ1) is 21.4. The lowest BCUT2D eigenvalue weighted by atomic mass is 9.81. The van der Waals surface area contributed by atoms with E-state index in [2.05, 4.69) is 5.32 Å². The van der Waals surface area contributed by atoms with Crippen molar-refractivity contribution in [3.63, 3.8) is 0 Å². The Bertz CT molecular complexity index is 1120. The smallest absolute Gasteiger partial charge is 0.338 e. The third-order valence-electron chi connectivity index (χ3n) is 7.35. The molecule has 5 rings (SSSR count). The van der Waals surface area contributed by atoms with E-state index in [4.69, 9.17) is 4.74 Å². The van der Waals surface area contributed by atoms with E-state index in [1.54, 1.807) is 18.2 Å². The zero-order valence-corrected chi connectivity index (χ0v) is 18.7. The maximum absolute atomic E-state index is 13.0. The van der Waals surface area contributed by atoms with E-state index in [0.29, 0.717) is 23.2 Å². The summed E-state index contributed by atoms with van der Waals surface area (Å²) in [6.45, 7) is 3.34. The molecule has 2 saturated carbocycles. The maximum atomic E-state index is 13.0. The van der Waals surface area contributed by atoms with Crippen LogP contribution in [-0.2, 0) is 19.1 Å². The highest BCUT2D eigenvalue weighted by molar-refractivity contribution is 6.22. The van der Waals surface area contributed by atoms with E-state index in [0.717, 1.165) is 30.4 Å². The van der Waals surface area contributed by atoms with Gasteiger partial charge in [0, 0.05) is 5.69 Å². The lowest BCUT2D eigenvalue weighted by Gasteiger charge is -2.19. The molecule has 33 heavy (non-hydrogen) atoms. The van der Waals surface area contributed by atoms with Crippen molar-refractivity contribution >= 4 is 35.1 Å². The van der Waals surface area contributed by atoms with Gasteiger partial charge in [-0.25, -0.2) is 4.79 Å². The molecule has 2 aliphatic carbocycles. The molecular formula is C26H26N2O5. The second-order valence-electron chi connectivity index (χ2n) is 9.34. The number of hydrogen-bond acceptors (Lipinski definition) is 5. The van der Waals surface area contributed by atoms with Gasteiger partial charge >= 0.3 is 5.97 Å². The molecule has 1 aliphatic heterocycles. The van der Waals surface area contributed by atoms with Gasteiger partial charge in [0.2, 0.25) is 11.8 Å². The number of imide groups is 1. The van der Waals surface area contributed by atoms with E-state index in [9.17, 15) is 19.2 Å². The van der Waals surface area contributed by atoms with Crippen LogP contribution in [0.2, 0.25) is 0 Å². The number of benzene rings is 2. The summed E-state index contributed by atoms with van der Waals surface area (Å²) in [6, 6.07) is 12.0. The summed E-state index contributed by atoms with van der Waals surface area (Å²) in [7, 11) is 0. The lowest BCUT2D eigenvalue weighted by Crippen LogP contribution is -2.32. The molecule has 3 aliphatic rings. The number of rotatable bonds is 5. The van der Waals surface area contributed by atoms with Crippen molar-refractivity contribution in [3.05, 3.63) is 59.2 Å². The van der Waals surface area contributed by atoms with Crippen molar-refractivity contribution in [2.24, 2.45) is 23.7 Å². The van der Waals surface area contributed by atoms with E-state index in [-0.39, 0.29) is 29.2 Å². The second kappa shape index (κ2) is 8.14. The Hall–Kier alpha value is -3.48. The molecule has 2 aromatic carbocycles. The minimum absolute atomic E-state index is 0.157. The average molecular weight is 447 g/mol. The molecule has 3 fully saturated rings. The van der Waals surface area contributed by atoms with Crippen LogP contribution in [0.5, 0.6) is 0 Å². The van der Waals surface area contributed by atoms with Crippen LogP contribution in [0, 0.1) is 37.5 Å². The van der Waals surface area contributed by atoms with E-state index >= 15 is 0 Å².